The maximum absolute atomic E-state index is 12.9. The number of benzene rings is 3. The molecule has 4 aromatic rings. The summed E-state index contributed by atoms with van der Waals surface area (Å²) in [7, 11) is 6.37. The maximum Gasteiger partial charge on any atom is 0.248 e. The van der Waals surface area contributed by atoms with E-state index in [9.17, 15) is 4.79 Å². The van der Waals surface area contributed by atoms with Crippen LogP contribution in [0.25, 0.3) is 27.7 Å². The van der Waals surface area contributed by atoms with E-state index in [-0.39, 0.29) is 5.91 Å². The molecule has 4 rings (SSSR count). The van der Waals surface area contributed by atoms with E-state index in [0.29, 0.717) is 22.9 Å². The lowest BCUT2D eigenvalue weighted by Gasteiger charge is -2.14. The lowest BCUT2D eigenvalue weighted by molar-refractivity contribution is -0.111. The van der Waals surface area contributed by atoms with Gasteiger partial charge in [0.25, 0.3) is 0 Å². The highest BCUT2D eigenvalue weighted by Gasteiger charge is 2.19. The molecule has 0 fully saturated rings. The largest absolute Gasteiger partial charge is 0.497 e. The third-order valence-corrected chi connectivity index (χ3v) is 6.09. The summed E-state index contributed by atoms with van der Waals surface area (Å²) in [6.45, 7) is 3.82. The number of hydrogen-bond acceptors (Lipinski definition) is 6. The summed E-state index contributed by atoms with van der Waals surface area (Å²) >= 11 is 0. The van der Waals surface area contributed by atoms with Crippen LogP contribution in [-0.2, 0) is 4.79 Å². The summed E-state index contributed by atoms with van der Waals surface area (Å²) in [5.74, 6) is 2.28. The van der Waals surface area contributed by atoms with Crippen LogP contribution in [0.3, 0.4) is 0 Å². The van der Waals surface area contributed by atoms with Gasteiger partial charge >= 0.3 is 0 Å². The van der Waals surface area contributed by atoms with Crippen molar-refractivity contribution in [2.24, 2.45) is 0 Å². The summed E-state index contributed by atoms with van der Waals surface area (Å²) < 4.78 is 27.6. The molecule has 0 radical (unpaired) electrons. The summed E-state index contributed by atoms with van der Waals surface area (Å²) in [6, 6.07) is 15.0. The van der Waals surface area contributed by atoms with Crippen LogP contribution in [0.5, 0.6) is 23.0 Å². The minimum Gasteiger partial charge on any atom is -0.497 e. The smallest absolute Gasteiger partial charge is 0.248 e. The van der Waals surface area contributed by atoms with Crippen LogP contribution in [0.15, 0.2) is 65.3 Å². The third-order valence-electron chi connectivity index (χ3n) is 6.09. The number of nitrogens with one attached hydrogen (secondary N) is 1. The van der Waals surface area contributed by atoms with Gasteiger partial charge in [-0.05, 0) is 55.3 Å². The fraction of sp³-hybridized carbons (Fsp3) is 0.207. The SMILES string of the molecule is COc1ccc(-c2coc3c(C)c(OC)c(/C(C)=C/C(=O)Nc4ccc(OC)cc4OC)cc23)cc1. The Morgan fingerprint density at radius 3 is 2.22 bits per heavy atom. The second kappa shape index (κ2) is 10.5. The number of carbonyl (C=O) groups is 1. The van der Waals surface area contributed by atoms with Crippen LogP contribution in [0, 0.1) is 6.92 Å². The van der Waals surface area contributed by atoms with Gasteiger partial charge in [-0.25, -0.2) is 0 Å². The summed E-state index contributed by atoms with van der Waals surface area (Å²) in [6.07, 6.45) is 3.28. The number of fused-ring (bicyclic) bond motifs is 1. The number of rotatable bonds is 8. The molecule has 3 aromatic carbocycles. The molecular formula is C29H29NO6. The second-order valence-electron chi connectivity index (χ2n) is 8.22. The number of amides is 1. The van der Waals surface area contributed by atoms with Crippen molar-refractivity contribution in [1.82, 2.24) is 0 Å². The number of anilines is 1. The molecule has 0 saturated carbocycles. The number of allylic oxidation sites excluding steroid dienone is 1. The summed E-state index contributed by atoms with van der Waals surface area (Å²) in [5, 5.41) is 3.81. The van der Waals surface area contributed by atoms with Crippen molar-refractivity contribution < 1.29 is 28.2 Å². The molecule has 186 valence electrons. The van der Waals surface area contributed by atoms with Crippen LogP contribution < -0.4 is 24.3 Å². The van der Waals surface area contributed by atoms with E-state index in [1.54, 1.807) is 59.0 Å². The molecule has 7 nitrogen and oxygen atoms in total. The molecule has 1 aromatic heterocycles. The van der Waals surface area contributed by atoms with Crippen molar-refractivity contribution in [3.63, 3.8) is 0 Å². The van der Waals surface area contributed by atoms with Crippen LogP contribution in [-0.4, -0.2) is 34.3 Å². The first-order valence-corrected chi connectivity index (χ1v) is 11.3. The third kappa shape index (κ3) is 4.73. The molecule has 0 atom stereocenters. The molecule has 0 bridgehead atoms. The highest BCUT2D eigenvalue weighted by atomic mass is 16.5. The summed E-state index contributed by atoms with van der Waals surface area (Å²) in [5.41, 5.74) is 5.62. The highest BCUT2D eigenvalue weighted by Crippen LogP contribution is 2.41. The van der Waals surface area contributed by atoms with E-state index in [0.717, 1.165) is 44.5 Å². The molecule has 0 aliphatic rings. The zero-order valence-corrected chi connectivity index (χ0v) is 21.2. The minimum absolute atomic E-state index is 0.293. The first kappa shape index (κ1) is 24.7. The molecule has 1 heterocycles. The average molecular weight is 488 g/mol. The standard InChI is InChI=1S/C29H29NO6/c1-17(13-27(31)30-25-12-11-21(33-4)14-26(25)34-5)22-15-23-24(19-7-9-20(32-3)10-8-19)16-36-29(23)18(2)28(22)35-6/h7-16H,1-6H3,(H,30,31)/b17-13+. The van der Waals surface area contributed by atoms with Gasteiger partial charge in [0, 0.05) is 34.2 Å². The van der Waals surface area contributed by atoms with Crippen LogP contribution >= 0.6 is 0 Å². The Morgan fingerprint density at radius 2 is 1.58 bits per heavy atom. The zero-order chi connectivity index (χ0) is 25.8. The Morgan fingerprint density at radius 1 is 0.889 bits per heavy atom. The first-order valence-electron chi connectivity index (χ1n) is 11.3. The molecule has 0 aliphatic carbocycles. The number of hydrogen-bond donors (Lipinski definition) is 1. The average Bonchev–Trinajstić information content (AvgIpc) is 3.33. The van der Waals surface area contributed by atoms with Crippen LogP contribution in [0.4, 0.5) is 5.69 Å². The number of methoxy groups -OCH3 is 4. The molecule has 36 heavy (non-hydrogen) atoms. The number of aryl methyl sites for hydroxylation is 1. The van der Waals surface area contributed by atoms with Gasteiger partial charge in [0.15, 0.2) is 0 Å². The molecule has 0 aliphatic heterocycles. The topological polar surface area (TPSA) is 79.2 Å². The normalized spacial score (nSPS) is 11.3. The van der Waals surface area contributed by atoms with E-state index < -0.39 is 0 Å². The molecule has 0 unspecified atom stereocenters. The maximum atomic E-state index is 12.9. The van der Waals surface area contributed by atoms with E-state index >= 15 is 0 Å². The Labute approximate surface area is 210 Å². The van der Waals surface area contributed by atoms with E-state index in [1.807, 2.05) is 44.2 Å². The van der Waals surface area contributed by atoms with Gasteiger partial charge in [-0.1, -0.05) is 12.1 Å². The quantitative estimate of drug-likeness (QED) is 0.286. The molecule has 7 heteroatoms. The minimum atomic E-state index is -0.293. The van der Waals surface area contributed by atoms with Crippen LogP contribution in [0.1, 0.15) is 18.1 Å². The van der Waals surface area contributed by atoms with Crippen molar-refractivity contribution in [2.75, 3.05) is 33.8 Å². The number of carbonyl (C=O) groups excluding carboxylic acids is 1. The Balaban J connectivity index is 1.72. The van der Waals surface area contributed by atoms with Crippen molar-refractivity contribution in [3.8, 4) is 34.1 Å². The predicted molar refractivity (Wildman–Crippen MR) is 141 cm³/mol. The van der Waals surface area contributed by atoms with Gasteiger partial charge < -0.3 is 28.7 Å². The van der Waals surface area contributed by atoms with Gasteiger partial charge in [0.1, 0.15) is 28.6 Å². The van der Waals surface area contributed by atoms with Gasteiger partial charge in [0.05, 0.1) is 40.4 Å². The van der Waals surface area contributed by atoms with Gasteiger partial charge in [-0.2, -0.15) is 0 Å². The van der Waals surface area contributed by atoms with Crippen molar-refractivity contribution in [2.45, 2.75) is 13.8 Å². The number of furan rings is 1. The Hall–Kier alpha value is -4.39. The van der Waals surface area contributed by atoms with Crippen LogP contribution in [0.2, 0.25) is 0 Å². The monoisotopic (exact) mass is 487 g/mol. The van der Waals surface area contributed by atoms with Crippen molar-refractivity contribution >= 4 is 28.1 Å². The molecule has 1 N–H and O–H groups in total. The van der Waals surface area contributed by atoms with E-state index in [4.69, 9.17) is 23.4 Å². The summed E-state index contributed by atoms with van der Waals surface area (Å²) in [4.78, 5) is 12.9. The zero-order valence-electron chi connectivity index (χ0n) is 21.2. The van der Waals surface area contributed by atoms with Gasteiger partial charge in [0.2, 0.25) is 5.91 Å². The Kier molecular flexibility index (Phi) is 7.20. The van der Waals surface area contributed by atoms with Gasteiger partial charge in [-0.3, -0.25) is 4.79 Å². The lowest BCUT2D eigenvalue weighted by atomic mass is 9.96. The fourth-order valence-electron chi connectivity index (χ4n) is 4.21. The predicted octanol–water partition coefficient (Wildman–Crippen LogP) is 6.48. The lowest BCUT2D eigenvalue weighted by Crippen LogP contribution is -2.10. The Bertz CT molecular complexity index is 1430. The van der Waals surface area contributed by atoms with Gasteiger partial charge in [-0.15, -0.1) is 0 Å². The molecule has 0 saturated heterocycles. The van der Waals surface area contributed by atoms with Crippen molar-refractivity contribution in [1.29, 1.82) is 0 Å². The molecule has 0 spiro atoms. The molecular weight excluding hydrogens is 458 g/mol. The number of ether oxygens (including phenoxy) is 4. The fourth-order valence-corrected chi connectivity index (χ4v) is 4.21. The van der Waals surface area contributed by atoms with E-state index in [1.165, 1.54) is 0 Å². The molecule has 1 amide bonds. The first-order chi connectivity index (χ1) is 17.4. The highest BCUT2D eigenvalue weighted by molar-refractivity contribution is 6.06. The second-order valence-corrected chi connectivity index (χ2v) is 8.22. The van der Waals surface area contributed by atoms with E-state index in [2.05, 4.69) is 5.32 Å². The van der Waals surface area contributed by atoms with Crippen molar-refractivity contribution in [3.05, 3.63) is 72.0 Å².